The number of para-hydroxylation sites is 1. The monoisotopic (exact) mass is 1620 g/mol. The Morgan fingerprint density at radius 3 is 1.73 bits per heavy atom. The van der Waals surface area contributed by atoms with Crippen LogP contribution >= 0.6 is 23.5 Å². The molecule has 1 saturated heterocycles. The molecule has 113 heavy (non-hydrogen) atoms. The number of H-pyrrole nitrogens is 1. The number of nitrogens with one attached hydrogen (secondary N) is 11. The zero-order valence-electron chi connectivity index (χ0n) is 63.7. The van der Waals surface area contributed by atoms with E-state index >= 15 is 9.59 Å². The number of amides is 13. The number of halogens is 1. The van der Waals surface area contributed by atoms with Crippen LogP contribution in [0.3, 0.4) is 0 Å². The van der Waals surface area contributed by atoms with Gasteiger partial charge in [0.05, 0.1) is 37.7 Å². The molecule has 1 aliphatic heterocycles. The minimum absolute atomic E-state index is 0.0404. The highest BCUT2D eigenvalue weighted by molar-refractivity contribution is 7.98. The number of fused-ring (bicyclic) bond motifs is 1. The maximum Gasteiger partial charge on any atom is 0.326 e. The number of nitrogens with zero attached hydrogens (tertiary/aromatic N) is 5. The van der Waals surface area contributed by atoms with Gasteiger partial charge in [0.2, 0.25) is 76.8 Å². The molecule has 24 N–H and O–H groups in total. The number of carboxylic acids is 2. The van der Waals surface area contributed by atoms with E-state index in [1.54, 1.807) is 70.7 Å². The van der Waals surface area contributed by atoms with E-state index in [-0.39, 0.29) is 69.7 Å². The molecule has 1 fully saturated rings. The minimum Gasteiger partial charge on any atom is -0.481 e. The molecular weight excluding hydrogens is 1520 g/mol. The van der Waals surface area contributed by atoms with E-state index < -0.39 is 217 Å². The lowest BCUT2D eigenvalue weighted by Crippen LogP contribution is -2.62. The van der Waals surface area contributed by atoms with E-state index in [0.29, 0.717) is 40.0 Å². The van der Waals surface area contributed by atoms with Gasteiger partial charge in [-0.2, -0.15) is 23.5 Å². The minimum atomic E-state index is -1.97. The number of aliphatic hydroxyl groups is 1. The van der Waals surface area contributed by atoms with Crippen LogP contribution in [0.25, 0.3) is 22.2 Å². The summed E-state index contributed by atoms with van der Waals surface area (Å²) >= 11 is 2.68. The molecule has 5 rings (SSSR count). The number of nitrogens with two attached hydrogens (primary N) is 5. The van der Waals surface area contributed by atoms with E-state index in [1.165, 1.54) is 65.6 Å². The molecule has 3 heterocycles. The third kappa shape index (κ3) is 28.6. The lowest BCUT2D eigenvalue weighted by atomic mass is 9.96. The van der Waals surface area contributed by atoms with Gasteiger partial charge >= 0.3 is 11.9 Å². The molecule has 0 spiro atoms. The van der Waals surface area contributed by atoms with Crippen LogP contribution in [-0.4, -0.2) is 251 Å². The highest BCUT2D eigenvalue weighted by Gasteiger charge is 2.46. The zero-order chi connectivity index (χ0) is 83.9. The van der Waals surface area contributed by atoms with Crippen molar-refractivity contribution < 1.29 is 91.6 Å². The van der Waals surface area contributed by atoms with Gasteiger partial charge in [-0.05, 0) is 111 Å². The van der Waals surface area contributed by atoms with Gasteiger partial charge in [-0.25, -0.2) is 13.9 Å². The van der Waals surface area contributed by atoms with Crippen LogP contribution in [0.4, 0.5) is 4.39 Å². The van der Waals surface area contributed by atoms with E-state index in [2.05, 4.69) is 73.5 Å². The topological polar surface area (TPSA) is 629 Å². The molecule has 0 bridgehead atoms. The van der Waals surface area contributed by atoms with Crippen molar-refractivity contribution in [3.8, 4) is 11.3 Å². The molecule has 1 aliphatic rings. The fraction of sp³-hybridized carbons (Fsp3) is 0.549. The van der Waals surface area contributed by atoms with Gasteiger partial charge in [-0.1, -0.05) is 63.9 Å². The number of rotatable bonds is 48. The predicted octanol–water partition coefficient (Wildman–Crippen LogP) is -3.51. The number of hydrogen-bond acceptors (Lipinski definition) is 22. The number of aromatic amines is 1. The smallest absolute Gasteiger partial charge is 0.326 e. The Bertz CT molecular complexity index is 4030. The summed E-state index contributed by atoms with van der Waals surface area (Å²) in [6.45, 7) is 6.36. The first-order chi connectivity index (χ1) is 53.5. The molecule has 0 saturated carbocycles. The van der Waals surface area contributed by atoms with Crippen molar-refractivity contribution in [3.63, 3.8) is 0 Å². The van der Waals surface area contributed by atoms with Crippen LogP contribution < -0.4 is 81.8 Å². The number of carbonyl (C=O) groups is 15. The number of aromatic nitrogens is 4. The fourth-order valence-corrected chi connectivity index (χ4v) is 13.0. The van der Waals surface area contributed by atoms with Crippen LogP contribution in [0.2, 0.25) is 0 Å². The quantitative estimate of drug-likeness (QED) is 0.0116. The van der Waals surface area contributed by atoms with Gasteiger partial charge in [0.15, 0.2) is 5.96 Å². The second-order valence-corrected chi connectivity index (χ2v) is 29.3. The Morgan fingerprint density at radius 2 is 1.14 bits per heavy atom. The summed E-state index contributed by atoms with van der Waals surface area (Å²) in [6, 6.07) is -7.90. The number of aliphatic hydroxyl groups excluding tert-OH is 1. The van der Waals surface area contributed by atoms with Crippen LogP contribution in [0, 0.1) is 17.7 Å². The van der Waals surface area contributed by atoms with Gasteiger partial charge < -0.3 is 107 Å². The summed E-state index contributed by atoms with van der Waals surface area (Å²) in [7, 11) is 0. The number of carboxylic acid groups (broad SMARTS) is 2. The second-order valence-electron chi connectivity index (χ2n) is 27.4. The number of likely N-dealkylation sites (tertiary alicyclic amines) is 1. The van der Waals surface area contributed by atoms with Gasteiger partial charge in [0, 0.05) is 55.0 Å². The number of aliphatic carboxylic acids is 2. The van der Waals surface area contributed by atoms with Crippen LogP contribution in [0.15, 0.2) is 65.9 Å². The molecule has 2 aromatic carbocycles. The number of carbonyl (C=O) groups excluding carboxylic acids is 13. The normalized spacial score (nSPS) is 16.7. The fourth-order valence-electron chi connectivity index (χ4n) is 12.0. The van der Waals surface area contributed by atoms with Crippen molar-refractivity contribution in [1.82, 2.24) is 78.0 Å². The first-order valence-electron chi connectivity index (χ1n) is 36.5. The highest BCUT2D eigenvalue weighted by Crippen LogP contribution is 2.31. The maximum absolute atomic E-state index is 15.6. The van der Waals surface area contributed by atoms with Crippen molar-refractivity contribution in [2.45, 2.75) is 190 Å². The van der Waals surface area contributed by atoms with E-state index in [1.807, 2.05) is 0 Å². The standard InChI is InChI=1S/C71H104FN21O18S2/c1-8-35(3)57(88-60(100)43(73)14-12-24-78-71(76)77)68(108)86-49(29-54(74)95)64(104)84-50(30-55(75)96)65(105)89-58(36(4)9-2)69(109)92-32-41(93-33-51(90-91-93)38-16-18-40(72)19-17-38)28-53(92)67(107)85-48(27-39-31-79-44-15-11-10-13-42(39)44)63(103)87-52(34-94)66(106)82-45(20-21-56(97)98)61(101)80-37(5)59(99)81-46(22-25-112-6)62(102)83-47(70(110)111)23-26-113-7/h10-11,13,15-19,31,33,35-37,41,43,45-50,52-53,57-58,79,94H,8-9,12,14,20-30,32,34,73H2,1-7H3,(H2,74,95)(H2,75,96)(H,80,101)(H,81,99)(H,82,106)(H,83,102)(H,84,104)(H,85,107)(H,86,108)(H,87,103)(H,88,100)(H,89,105)(H,97,98)(H,110,111)(H4,76,77,78)/t35-,36-,37-,41-,43-,45-,46-,47-,48-,49-,50-,52-,53-,57-,58-/m0/s1. The lowest BCUT2D eigenvalue weighted by molar-refractivity contribution is -0.144. The average Bonchev–Trinajstić information content (AvgIpc) is 1.65. The molecule has 620 valence electrons. The Morgan fingerprint density at radius 1 is 0.619 bits per heavy atom. The Hall–Kier alpha value is -11.0. The first kappa shape index (κ1) is 92.6. The molecule has 0 radical (unpaired) electrons. The largest absolute Gasteiger partial charge is 0.481 e. The number of primary amides is 2. The van der Waals surface area contributed by atoms with E-state index in [0.717, 1.165) is 4.90 Å². The first-order valence-corrected chi connectivity index (χ1v) is 39.3. The number of guanidine groups is 1. The summed E-state index contributed by atoms with van der Waals surface area (Å²) in [4.78, 5) is 215. The molecule has 0 aliphatic carbocycles. The van der Waals surface area contributed by atoms with Crippen molar-refractivity contribution in [2.75, 3.05) is 43.7 Å². The van der Waals surface area contributed by atoms with Crippen molar-refractivity contribution in [1.29, 1.82) is 0 Å². The van der Waals surface area contributed by atoms with Gasteiger partial charge in [-0.3, -0.25) is 72.1 Å². The van der Waals surface area contributed by atoms with Crippen molar-refractivity contribution >= 4 is 129 Å². The van der Waals surface area contributed by atoms with Gasteiger partial charge in [0.1, 0.15) is 78.0 Å². The van der Waals surface area contributed by atoms with Gasteiger partial charge in [0.25, 0.3) is 0 Å². The average molecular weight is 1620 g/mol. The van der Waals surface area contributed by atoms with Crippen LogP contribution in [-0.2, 0) is 78.3 Å². The Balaban J connectivity index is 1.48. The summed E-state index contributed by atoms with van der Waals surface area (Å²) in [6.07, 6.45) is 3.60. The summed E-state index contributed by atoms with van der Waals surface area (Å²) < 4.78 is 15.5. The van der Waals surface area contributed by atoms with E-state index in [4.69, 9.17) is 28.7 Å². The molecule has 42 heteroatoms. The Labute approximate surface area is 658 Å². The number of aliphatic imine (C=N–C) groups is 1. The number of benzene rings is 2. The molecular formula is C71H104FN21O18S2. The van der Waals surface area contributed by atoms with E-state index in [9.17, 15) is 82.0 Å². The molecule has 39 nitrogen and oxygen atoms in total. The number of hydrogen-bond donors (Lipinski definition) is 19. The third-order valence-electron chi connectivity index (χ3n) is 18.9. The third-order valence-corrected chi connectivity index (χ3v) is 20.2. The maximum atomic E-state index is 15.6. The van der Waals surface area contributed by atoms with Crippen LogP contribution in [0.5, 0.6) is 0 Å². The Kier molecular flexibility index (Phi) is 37.3. The van der Waals surface area contributed by atoms with Gasteiger partial charge in [-0.15, -0.1) is 5.10 Å². The molecule has 0 unspecified atom stereocenters. The zero-order valence-corrected chi connectivity index (χ0v) is 65.4. The SMILES string of the molecule is CC[C@H](C)[C@H](NC(=O)[C@@H](N)CCCN=C(N)N)C(=O)N[C@@H](CC(N)=O)C(=O)N[C@@H](CC(N)=O)C(=O)N[C@H](C(=O)N1C[C@@H](n2cc(-c3ccc(F)cc3)nn2)C[C@H]1C(=O)N[C@@H](Cc1c[nH]c2ccccc12)C(=O)N[C@@H](CO)C(=O)N[C@@H](CCC(=O)O)C(=O)N[C@@H](C)C(=O)N[C@@H](CCSC)C(=O)N[C@@H](CCSC)C(=O)O)[C@@H](C)CC. The second kappa shape index (κ2) is 45.5. The molecule has 15 atom stereocenters. The summed E-state index contributed by atoms with van der Waals surface area (Å²) in [5.41, 5.74) is 29.8. The number of thioether (sulfide) groups is 2. The molecule has 4 aromatic rings. The molecule has 13 amide bonds. The highest BCUT2D eigenvalue weighted by atomic mass is 32.2. The van der Waals surface area contributed by atoms with Crippen molar-refractivity contribution in [3.05, 3.63) is 72.3 Å². The predicted molar refractivity (Wildman–Crippen MR) is 414 cm³/mol. The van der Waals surface area contributed by atoms with Crippen LogP contribution in [0.1, 0.15) is 117 Å². The lowest BCUT2D eigenvalue weighted by Gasteiger charge is -2.33. The summed E-state index contributed by atoms with van der Waals surface area (Å²) in [5.74, 6) is -17.8. The molecule has 2 aromatic heterocycles. The summed E-state index contributed by atoms with van der Waals surface area (Å²) in [5, 5.41) is 64.0. The van der Waals surface area contributed by atoms with Crippen molar-refractivity contribution in [2.24, 2.45) is 45.5 Å².